The van der Waals surface area contributed by atoms with Gasteiger partial charge in [-0.3, -0.25) is 4.79 Å². The molecule has 0 unspecified atom stereocenters. The Morgan fingerprint density at radius 3 is 1.98 bits per heavy atom. The Kier molecular flexibility index (Phi) is 7.88. The summed E-state index contributed by atoms with van der Waals surface area (Å²) in [5.74, 6) is 0.344. The average molecular weight is 622 g/mol. The van der Waals surface area contributed by atoms with Gasteiger partial charge in [0.25, 0.3) is 0 Å². The fourth-order valence-corrected chi connectivity index (χ4v) is 6.87. The van der Waals surface area contributed by atoms with E-state index in [1.165, 1.54) is 0 Å². The standard InChI is InChI=1S/C39H32ClN5O/c1-42-32-22-28(23-32)38(46)43-37-34-24-27(33-21-26(25-41)17-19-35(33)40)18-20-36(34)45(44-37)39(29-11-5-2-6-12-29,30-13-7-3-8-14-30)31-15-9-4-10-16-31/h2-21,24,28,32,42H,22-23H2,1H3,(H,43,44,46). The topological polar surface area (TPSA) is 82.7 Å². The Labute approximate surface area is 273 Å². The van der Waals surface area contributed by atoms with Gasteiger partial charge in [0.1, 0.15) is 5.54 Å². The summed E-state index contributed by atoms with van der Waals surface area (Å²) in [5, 5.41) is 22.7. The van der Waals surface area contributed by atoms with Gasteiger partial charge in [0.05, 0.1) is 17.1 Å². The second-order valence-corrected chi connectivity index (χ2v) is 12.2. The summed E-state index contributed by atoms with van der Waals surface area (Å²) in [6.07, 6.45) is 1.57. The van der Waals surface area contributed by atoms with Crippen LogP contribution in [0.4, 0.5) is 5.82 Å². The van der Waals surface area contributed by atoms with Crippen molar-refractivity contribution in [3.8, 4) is 17.2 Å². The predicted octanol–water partition coefficient (Wildman–Crippen LogP) is 8.01. The zero-order chi connectivity index (χ0) is 31.7. The number of anilines is 1. The van der Waals surface area contributed by atoms with Gasteiger partial charge in [0.15, 0.2) is 5.82 Å². The number of nitrogens with one attached hydrogen (secondary N) is 2. The highest BCUT2D eigenvalue weighted by Crippen LogP contribution is 2.44. The highest BCUT2D eigenvalue weighted by Gasteiger charge is 2.41. The minimum atomic E-state index is -0.876. The van der Waals surface area contributed by atoms with Gasteiger partial charge in [-0.25, -0.2) is 4.68 Å². The molecule has 0 atom stereocenters. The molecule has 226 valence electrons. The van der Waals surface area contributed by atoms with E-state index in [2.05, 4.69) is 53.1 Å². The highest BCUT2D eigenvalue weighted by atomic mass is 35.5. The fourth-order valence-electron chi connectivity index (χ4n) is 6.64. The third-order valence-electron chi connectivity index (χ3n) is 9.14. The molecule has 1 fully saturated rings. The lowest BCUT2D eigenvalue weighted by Gasteiger charge is -2.37. The summed E-state index contributed by atoms with van der Waals surface area (Å²) >= 11 is 6.67. The molecule has 1 aliphatic carbocycles. The Morgan fingerprint density at radius 1 is 0.848 bits per heavy atom. The van der Waals surface area contributed by atoms with E-state index in [0.29, 0.717) is 22.4 Å². The van der Waals surface area contributed by atoms with Crippen molar-refractivity contribution < 1.29 is 4.79 Å². The molecule has 0 saturated heterocycles. The lowest BCUT2D eigenvalue weighted by atomic mass is 9.77. The molecular formula is C39H32ClN5O. The van der Waals surface area contributed by atoms with E-state index in [4.69, 9.17) is 16.7 Å². The van der Waals surface area contributed by atoms with Crippen LogP contribution in [0.3, 0.4) is 0 Å². The maximum atomic E-state index is 13.6. The second-order valence-electron chi connectivity index (χ2n) is 11.8. The van der Waals surface area contributed by atoms with Gasteiger partial charge in [0.2, 0.25) is 5.91 Å². The van der Waals surface area contributed by atoms with Crippen LogP contribution in [0.1, 0.15) is 35.1 Å². The van der Waals surface area contributed by atoms with Crippen molar-refractivity contribution in [2.24, 2.45) is 5.92 Å². The first-order chi connectivity index (χ1) is 22.5. The van der Waals surface area contributed by atoms with Crippen molar-refractivity contribution in [2.45, 2.75) is 24.4 Å². The molecule has 0 radical (unpaired) electrons. The Bertz CT molecular complexity index is 1970. The molecule has 0 aliphatic heterocycles. The number of amides is 1. The molecule has 1 amide bonds. The zero-order valence-corrected chi connectivity index (χ0v) is 26.1. The quantitative estimate of drug-likeness (QED) is 0.169. The highest BCUT2D eigenvalue weighted by molar-refractivity contribution is 6.33. The number of aromatic nitrogens is 2. The van der Waals surface area contributed by atoms with Crippen LogP contribution in [0.5, 0.6) is 0 Å². The first-order valence-electron chi connectivity index (χ1n) is 15.4. The van der Waals surface area contributed by atoms with Crippen LogP contribution in [0.25, 0.3) is 22.0 Å². The van der Waals surface area contributed by atoms with Gasteiger partial charge in [-0.1, -0.05) is 109 Å². The van der Waals surface area contributed by atoms with E-state index < -0.39 is 5.54 Å². The lowest BCUT2D eigenvalue weighted by Crippen LogP contribution is -2.44. The first-order valence-corrected chi connectivity index (χ1v) is 15.8. The first kappa shape index (κ1) is 29.5. The average Bonchev–Trinajstić information content (AvgIpc) is 3.43. The van der Waals surface area contributed by atoms with Gasteiger partial charge in [-0.2, -0.15) is 10.4 Å². The molecule has 0 bridgehead atoms. The van der Waals surface area contributed by atoms with Crippen molar-refractivity contribution in [3.05, 3.63) is 155 Å². The molecule has 1 aromatic heterocycles. The normalized spacial score (nSPS) is 16.0. The maximum Gasteiger partial charge on any atom is 0.228 e. The number of hydrogen-bond acceptors (Lipinski definition) is 4. The van der Waals surface area contributed by atoms with Crippen LogP contribution in [0.2, 0.25) is 5.02 Å². The summed E-state index contributed by atoms with van der Waals surface area (Å²) < 4.78 is 2.05. The number of benzene rings is 5. The molecule has 6 nitrogen and oxygen atoms in total. The van der Waals surface area contributed by atoms with Crippen molar-refractivity contribution in [2.75, 3.05) is 12.4 Å². The van der Waals surface area contributed by atoms with Crippen LogP contribution >= 0.6 is 11.6 Å². The Balaban J connectivity index is 1.51. The minimum Gasteiger partial charge on any atom is -0.317 e. The van der Waals surface area contributed by atoms with Crippen LogP contribution in [0.15, 0.2) is 127 Å². The molecule has 0 spiro atoms. The van der Waals surface area contributed by atoms with E-state index in [0.717, 1.165) is 51.6 Å². The van der Waals surface area contributed by atoms with Crippen molar-refractivity contribution in [1.82, 2.24) is 15.1 Å². The third-order valence-corrected chi connectivity index (χ3v) is 9.47. The molecule has 1 aliphatic rings. The molecule has 2 N–H and O–H groups in total. The molecule has 7 rings (SSSR count). The van der Waals surface area contributed by atoms with Crippen LogP contribution < -0.4 is 10.6 Å². The van der Waals surface area contributed by atoms with Gasteiger partial charge in [-0.15, -0.1) is 0 Å². The fraction of sp³-hybridized carbons (Fsp3) is 0.154. The number of fused-ring (bicyclic) bond motifs is 1. The van der Waals surface area contributed by atoms with Crippen LogP contribution in [-0.4, -0.2) is 28.8 Å². The maximum absolute atomic E-state index is 13.6. The number of carbonyl (C=O) groups excluding carboxylic acids is 1. The number of carbonyl (C=O) groups is 1. The van der Waals surface area contributed by atoms with Gasteiger partial charge < -0.3 is 10.6 Å². The largest absolute Gasteiger partial charge is 0.317 e. The monoisotopic (exact) mass is 621 g/mol. The summed E-state index contributed by atoms with van der Waals surface area (Å²) in [7, 11) is 1.93. The van der Waals surface area contributed by atoms with Crippen molar-refractivity contribution in [3.63, 3.8) is 0 Å². The van der Waals surface area contributed by atoms with Gasteiger partial charge in [-0.05, 0) is 72.5 Å². The molecule has 5 aromatic carbocycles. The summed E-state index contributed by atoms with van der Waals surface area (Å²) in [6.45, 7) is 0. The number of nitrogens with zero attached hydrogens (tertiary/aromatic N) is 3. The number of rotatable bonds is 8. The van der Waals surface area contributed by atoms with Gasteiger partial charge in [0, 0.05) is 27.9 Å². The van der Waals surface area contributed by atoms with Gasteiger partial charge >= 0.3 is 0 Å². The van der Waals surface area contributed by atoms with Crippen molar-refractivity contribution in [1.29, 1.82) is 5.26 Å². The third kappa shape index (κ3) is 5.04. The molecule has 46 heavy (non-hydrogen) atoms. The Hall–Kier alpha value is -5.22. The number of hydrogen-bond donors (Lipinski definition) is 2. The summed E-state index contributed by atoms with van der Waals surface area (Å²) in [4.78, 5) is 13.6. The van der Waals surface area contributed by atoms with E-state index in [1.54, 1.807) is 18.2 Å². The van der Waals surface area contributed by atoms with E-state index in [-0.39, 0.29) is 11.8 Å². The second kappa shape index (κ2) is 12.3. The number of halogens is 1. The smallest absolute Gasteiger partial charge is 0.228 e. The van der Waals surface area contributed by atoms with E-state index in [1.807, 2.05) is 84.5 Å². The molecule has 1 saturated carbocycles. The molecule has 1 heterocycles. The SMILES string of the molecule is CNC1CC(C(=O)Nc2nn(C(c3ccccc3)(c3ccccc3)c3ccccc3)c3ccc(-c4cc(C#N)ccc4Cl)cc23)C1. The van der Waals surface area contributed by atoms with Crippen LogP contribution in [-0.2, 0) is 10.3 Å². The molecule has 7 heteroatoms. The summed E-state index contributed by atoms with van der Waals surface area (Å²) in [5.41, 5.74) is 5.13. The Morgan fingerprint density at radius 2 is 1.43 bits per heavy atom. The molecular weight excluding hydrogens is 590 g/mol. The van der Waals surface area contributed by atoms with Crippen LogP contribution in [0, 0.1) is 17.2 Å². The molecule has 6 aromatic rings. The predicted molar refractivity (Wildman–Crippen MR) is 184 cm³/mol. The summed E-state index contributed by atoms with van der Waals surface area (Å²) in [6, 6.07) is 44.9. The zero-order valence-electron chi connectivity index (χ0n) is 25.3. The van der Waals surface area contributed by atoms with E-state index >= 15 is 0 Å². The number of nitriles is 1. The lowest BCUT2D eigenvalue weighted by molar-refractivity contribution is -0.122. The minimum absolute atomic E-state index is 0.0438. The van der Waals surface area contributed by atoms with E-state index in [9.17, 15) is 10.1 Å². The van der Waals surface area contributed by atoms with Crippen molar-refractivity contribution >= 4 is 34.2 Å².